The quantitative estimate of drug-likeness (QED) is 0.931. The van der Waals surface area contributed by atoms with Crippen molar-refractivity contribution in [1.82, 2.24) is 9.88 Å². The SMILES string of the molecule is CCCNC(=O)c1cn(C(C)=O)c2ccc(OC)cc12. The van der Waals surface area contributed by atoms with Crippen molar-refractivity contribution in [3.8, 4) is 5.75 Å². The number of amides is 1. The first-order chi connectivity index (χ1) is 9.58. The van der Waals surface area contributed by atoms with E-state index in [1.807, 2.05) is 6.92 Å². The second-order valence-electron chi connectivity index (χ2n) is 4.57. The van der Waals surface area contributed by atoms with Gasteiger partial charge >= 0.3 is 0 Å². The van der Waals surface area contributed by atoms with Gasteiger partial charge in [-0.3, -0.25) is 14.2 Å². The molecule has 0 fully saturated rings. The molecule has 0 saturated heterocycles. The number of carbonyl (C=O) groups is 2. The van der Waals surface area contributed by atoms with Crippen LogP contribution in [0.15, 0.2) is 24.4 Å². The van der Waals surface area contributed by atoms with Crippen LogP contribution in [0.3, 0.4) is 0 Å². The summed E-state index contributed by atoms with van der Waals surface area (Å²) in [6.45, 7) is 4.06. The molecule has 106 valence electrons. The van der Waals surface area contributed by atoms with Crippen molar-refractivity contribution in [3.63, 3.8) is 0 Å². The second-order valence-corrected chi connectivity index (χ2v) is 4.57. The zero-order chi connectivity index (χ0) is 14.7. The molecule has 0 spiro atoms. The number of methoxy groups -OCH3 is 1. The number of carbonyl (C=O) groups excluding carboxylic acids is 2. The van der Waals surface area contributed by atoms with E-state index < -0.39 is 0 Å². The summed E-state index contributed by atoms with van der Waals surface area (Å²) in [4.78, 5) is 23.8. The van der Waals surface area contributed by atoms with Crippen LogP contribution < -0.4 is 10.1 Å². The minimum Gasteiger partial charge on any atom is -0.497 e. The lowest BCUT2D eigenvalue weighted by atomic mass is 10.1. The van der Waals surface area contributed by atoms with Crippen LogP contribution in [0.1, 0.15) is 35.4 Å². The highest BCUT2D eigenvalue weighted by Crippen LogP contribution is 2.26. The first kappa shape index (κ1) is 14.1. The van der Waals surface area contributed by atoms with Crippen LogP contribution in [0.25, 0.3) is 10.9 Å². The first-order valence-electron chi connectivity index (χ1n) is 6.56. The molecule has 0 unspecified atom stereocenters. The Balaban J connectivity index is 2.57. The smallest absolute Gasteiger partial charge is 0.253 e. The standard InChI is InChI=1S/C15H18N2O3/c1-4-7-16-15(19)13-9-17(10(2)18)14-6-5-11(20-3)8-12(13)14/h5-6,8-9H,4,7H2,1-3H3,(H,16,19). The van der Waals surface area contributed by atoms with Crippen molar-refractivity contribution >= 4 is 22.7 Å². The molecule has 0 bridgehead atoms. The summed E-state index contributed by atoms with van der Waals surface area (Å²) in [6, 6.07) is 5.33. The van der Waals surface area contributed by atoms with E-state index in [4.69, 9.17) is 4.74 Å². The third-order valence-electron chi connectivity index (χ3n) is 3.13. The number of ether oxygens (including phenoxy) is 1. The minimum atomic E-state index is -0.176. The summed E-state index contributed by atoms with van der Waals surface area (Å²) < 4.78 is 6.66. The highest BCUT2D eigenvalue weighted by molar-refractivity contribution is 6.09. The number of hydrogen-bond acceptors (Lipinski definition) is 3. The topological polar surface area (TPSA) is 60.3 Å². The molecule has 0 radical (unpaired) electrons. The Labute approximate surface area is 117 Å². The molecule has 5 nitrogen and oxygen atoms in total. The third kappa shape index (κ3) is 2.52. The molecule has 0 aliphatic carbocycles. The van der Waals surface area contributed by atoms with Gasteiger partial charge in [-0.05, 0) is 24.6 Å². The zero-order valence-electron chi connectivity index (χ0n) is 11.9. The predicted molar refractivity (Wildman–Crippen MR) is 77.4 cm³/mol. The van der Waals surface area contributed by atoms with Gasteiger partial charge in [0.05, 0.1) is 18.2 Å². The fourth-order valence-corrected chi connectivity index (χ4v) is 2.11. The van der Waals surface area contributed by atoms with Crippen molar-refractivity contribution in [2.45, 2.75) is 20.3 Å². The number of rotatable bonds is 4. The van der Waals surface area contributed by atoms with E-state index in [1.165, 1.54) is 11.5 Å². The second kappa shape index (κ2) is 5.77. The molecule has 1 amide bonds. The van der Waals surface area contributed by atoms with E-state index in [2.05, 4.69) is 5.32 Å². The van der Waals surface area contributed by atoms with Gasteiger partial charge < -0.3 is 10.1 Å². The Kier molecular flexibility index (Phi) is 4.08. The Morgan fingerprint density at radius 3 is 2.70 bits per heavy atom. The molecule has 20 heavy (non-hydrogen) atoms. The number of hydrogen-bond donors (Lipinski definition) is 1. The van der Waals surface area contributed by atoms with Gasteiger partial charge in [-0.1, -0.05) is 6.92 Å². The van der Waals surface area contributed by atoms with Crippen LogP contribution >= 0.6 is 0 Å². The Hall–Kier alpha value is -2.30. The van der Waals surface area contributed by atoms with E-state index in [0.29, 0.717) is 28.8 Å². The van der Waals surface area contributed by atoms with E-state index in [-0.39, 0.29) is 11.8 Å². The number of aromatic nitrogens is 1. The average molecular weight is 274 g/mol. The highest BCUT2D eigenvalue weighted by atomic mass is 16.5. The molecule has 1 aromatic heterocycles. The highest BCUT2D eigenvalue weighted by Gasteiger charge is 2.17. The average Bonchev–Trinajstić information content (AvgIpc) is 2.83. The maximum Gasteiger partial charge on any atom is 0.253 e. The van der Waals surface area contributed by atoms with Gasteiger partial charge in [0.1, 0.15) is 5.75 Å². The largest absolute Gasteiger partial charge is 0.497 e. The van der Waals surface area contributed by atoms with Gasteiger partial charge in [0, 0.05) is 25.1 Å². The van der Waals surface area contributed by atoms with Crippen LogP contribution in [0.2, 0.25) is 0 Å². The summed E-state index contributed by atoms with van der Waals surface area (Å²) in [6.07, 6.45) is 2.44. The third-order valence-corrected chi connectivity index (χ3v) is 3.13. The lowest BCUT2D eigenvalue weighted by molar-refractivity contribution is 0.0941. The Morgan fingerprint density at radius 2 is 2.10 bits per heavy atom. The molecular formula is C15H18N2O3. The molecule has 1 N–H and O–H groups in total. The van der Waals surface area contributed by atoms with Crippen LogP contribution in [-0.2, 0) is 0 Å². The number of benzene rings is 1. The molecule has 0 aliphatic rings. The molecule has 2 aromatic rings. The molecule has 2 rings (SSSR count). The van der Waals surface area contributed by atoms with Gasteiger partial charge in [0.25, 0.3) is 5.91 Å². The number of nitrogens with zero attached hydrogens (tertiary/aromatic N) is 1. The number of fused-ring (bicyclic) bond motifs is 1. The molecule has 0 aliphatic heterocycles. The Morgan fingerprint density at radius 1 is 1.35 bits per heavy atom. The van der Waals surface area contributed by atoms with Gasteiger partial charge in [-0.25, -0.2) is 0 Å². The van der Waals surface area contributed by atoms with E-state index in [0.717, 1.165) is 6.42 Å². The fraction of sp³-hybridized carbons (Fsp3) is 0.333. The first-order valence-corrected chi connectivity index (χ1v) is 6.56. The summed E-state index contributed by atoms with van der Waals surface area (Å²) in [7, 11) is 1.57. The molecule has 5 heteroatoms. The van der Waals surface area contributed by atoms with Crippen molar-refractivity contribution in [2.75, 3.05) is 13.7 Å². The summed E-state index contributed by atoms with van der Waals surface area (Å²) in [5.74, 6) is 0.350. The molecule has 1 heterocycles. The maximum atomic E-state index is 12.2. The molecule has 0 saturated carbocycles. The molecule has 0 atom stereocenters. The monoisotopic (exact) mass is 274 g/mol. The lowest BCUT2D eigenvalue weighted by Crippen LogP contribution is -2.23. The van der Waals surface area contributed by atoms with E-state index in [9.17, 15) is 9.59 Å². The van der Waals surface area contributed by atoms with Crippen LogP contribution in [0.4, 0.5) is 0 Å². The maximum absolute atomic E-state index is 12.2. The van der Waals surface area contributed by atoms with Gasteiger partial charge in [0.15, 0.2) is 0 Å². The molecule has 1 aromatic carbocycles. The summed E-state index contributed by atoms with van der Waals surface area (Å²) >= 11 is 0. The van der Waals surface area contributed by atoms with Crippen molar-refractivity contribution in [1.29, 1.82) is 0 Å². The van der Waals surface area contributed by atoms with Crippen LogP contribution in [-0.4, -0.2) is 30.0 Å². The zero-order valence-corrected chi connectivity index (χ0v) is 11.9. The summed E-state index contributed by atoms with van der Waals surface area (Å²) in [5.41, 5.74) is 1.20. The van der Waals surface area contributed by atoms with Gasteiger partial charge in [-0.2, -0.15) is 0 Å². The number of nitrogens with one attached hydrogen (secondary N) is 1. The predicted octanol–water partition coefficient (Wildman–Crippen LogP) is 2.45. The van der Waals surface area contributed by atoms with Crippen molar-refractivity contribution in [3.05, 3.63) is 30.0 Å². The van der Waals surface area contributed by atoms with Crippen LogP contribution in [0, 0.1) is 0 Å². The van der Waals surface area contributed by atoms with Crippen molar-refractivity contribution in [2.24, 2.45) is 0 Å². The fourth-order valence-electron chi connectivity index (χ4n) is 2.11. The lowest BCUT2D eigenvalue weighted by Gasteiger charge is -2.03. The Bertz CT molecular complexity index is 658. The van der Waals surface area contributed by atoms with E-state index >= 15 is 0 Å². The van der Waals surface area contributed by atoms with E-state index in [1.54, 1.807) is 31.5 Å². The molecular weight excluding hydrogens is 256 g/mol. The normalized spacial score (nSPS) is 10.6. The van der Waals surface area contributed by atoms with Gasteiger partial charge in [-0.15, -0.1) is 0 Å². The van der Waals surface area contributed by atoms with Crippen LogP contribution in [0.5, 0.6) is 5.75 Å². The summed E-state index contributed by atoms with van der Waals surface area (Å²) in [5, 5.41) is 3.54. The minimum absolute atomic E-state index is 0.130. The van der Waals surface area contributed by atoms with Gasteiger partial charge in [0.2, 0.25) is 5.91 Å². The van der Waals surface area contributed by atoms with Crippen molar-refractivity contribution < 1.29 is 14.3 Å².